The second-order valence-corrected chi connectivity index (χ2v) is 6.93. The molecule has 0 bridgehead atoms. The molecule has 0 unspecified atom stereocenters. The summed E-state index contributed by atoms with van der Waals surface area (Å²) in [4.78, 5) is 14.1. The molecule has 0 aliphatic carbocycles. The maximum Gasteiger partial charge on any atom is 0.222 e. The molecular formula is C18H28N2O. The lowest BCUT2D eigenvalue weighted by Gasteiger charge is -2.27. The Labute approximate surface area is 128 Å². The smallest absolute Gasteiger partial charge is 0.222 e. The number of hydrogen-bond acceptors (Lipinski definition) is 2. The van der Waals surface area contributed by atoms with Gasteiger partial charge >= 0.3 is 0 Å². The number of rotatable bonds is 4. The fourth-order valence-corrected chi connectivity index (χ4v) is 2.69. The fourth-order valence-electron chi connectivity index (χ4n) is 2.69. The zero-order valence-corrected chi connectivity index (χ0v) is 13.6. The zero-order chi connectivity index (χ0) is 15.3. The van der Waals surface area contributed by atoms with Gasteiger partial charge in [-0.25, -0.2) is 0 Å². The molecule has 1 aromatic carbocycles. The largest absolute Gasteiger partial charge is 0.340 e. The Bertz CT molecular complexity index is 453. The lowest BCUT2D eigenvalue weighted by molar-refractivity contribution is -0.131. The summed E-state index contributed by atoms with van der Waals surface area (Å²) in [5.41, 5.74) is 2.90. The van der Waals surface area contributed by atoms with Gasteiger partial charge in [-0.05, 0) is 29.4 Å². The molecule has 0 radical (unpaired) electrons. The van der Waals surface area contributed by atoms with Crippen LogP contribution in [0, 0.1) is 0 Å². The molecule has 0 atom stereocenters. The van der Waals surface area contributed by atoms with Crippen molar-refractivity contribution in [2.24, 2.45) is 0 Å². The van der Waals surface area contributed by atoms with Crippen LogP contribution < -0.4 is 5.32 Å². The van der Waals surface area contributed by atoms with E-state index in [-0.39, 0.29) is 5.41 Å². The molecule has 1 fully saturated rings. The van der Waals surface area contributed by atoms with E-state index in [0.29, 0.717) is 12.3 Å². The first-order valence-corrected chi connectivity index (χ1v) is 8.05. The van der Waals surface area contributed by atoms with Gasteiger partial charge in [0.25, 0.3) is 0 Å². The molecule has 2 rings (SSSR count). The quantitative estimate of drug-likeness (QED) is 0.924. The summed E-state index contributed by atoms with van der Waals surface area (Å²) in [6, 6.07) is 8.84. The zero-order valence-electron chi connectivity index (χ0n) is 13.6. The number of carbonyl (C=O) groups excluding carboxylic acids is 1. The monoisotopic (exact) mass is 288 g/mol. The summed E-state index contributed by atoms with van der Waals surface area (Å²) < 4.78 is 0. The highest BCUT2D eigenvalue weighted by atomic mass is 16.2. The van der Waals surface area contributed by atoms with Crippen LogP contribution in [0.25, 0.3) is 0 Å². The third-order valence-corrected chi connectivity index (χ3v) is 4.15. The van der Waals surface area contributed by atoms with E-state index in [1.54, 1.807) is 0 Å². The van der Waals surface area contributed by atoms with Crippen LogP contribution in [0.2, 0.25) is 0 Å². The summed E-state index contributed by atoms with van der Waals surface area (Å²) in [6.07, 6.45) is 2.60. The molecule has 116 valence electrons. The van der Waals surface area contributed by atoms with Crippen molar-refractivity contribution in [1.29, 1.82) is 0 Å². The number of nitrogens with one attached hydrogen (secondary N) is 1. The van der Waals surface area contributed by atoms with Crippen LogP contribution in [0.15, 0.2) is 24.3 Å². The molecule has 1 aliphatic heterocycles. The van der Waals surface area contributed by atoms with Crippen molar-refractivity contribution in [2.75, 3.05) is 26.2 Å². The van der Waals surface area contributed by atoms with E-state index in [1.165, 1.54) is 11.1 Å². The Morgan fingerprint density at radius 1 is 1.14 bits per heavy atom. The van der Waals surface area contributed by atoms with Crippen LogP contribution in [0.5, 0.6) is 0 Å². The highest BCUT2D eigenvalue weighted by molar-refractivity contribution is 5.76. The molecule has 1 heterocycles. The molecule has 1 N–H and O–H groups in total. The van der Waals surface area contributed by atoms with Crippen molar-refractivity contribution in [2.45, 2.75) is 45.4 Å². The average Bonchev–Trinajstić information content (AvgIpc) is 2.47. The predicted octanol–water partition coefficient (Wildman–Crippen LogP) is 2.74. The number of aryl methyl sites for hydroxylation is 1. The lowest BCUT2D eigenvalue weighted by atomic mass is 9.86. The van der Waals surface area contributed by atoms with Gasteiger partial charge in [-0.1, -0.05) is 45.0 Å². The van der Waals surface area contributed by atoms with E-state index in [0.717, 1.165) is 39.0 Å². The van der Waals surface area contributed by atoms with E-state index < -0.39 is 0 Å². The van der Waals surface area contributed by atoms with Gasteiger partial charge < -0.3 is 10.2 Å². The summed E-state index contributed by atoms with van der Waals surface area (Å²) in [5.74, 6) is 0.308. The highest BCUT2D eigenvalue weighted by Gasteiger charge is 2.16. The molecule has 21 heavy (non-hydrogen) atoms. The molecule has 0 aromatic heterocycles. The van der Waals surface area contributed by atoms with Gasteiger partial charge in [0, 0.05) is 32.6 Å². The number of carbonyl (C=O) groups is 1. The normalized spacial score (nSPS) is 16.0. The average molecular weight is 288 g/mol. The third kappa shape index (κ3) is 4.85. The number of amides is 1. The van der Waals surface area contributed by atoms with Crippen molar-refractivity contribution in [3.63, 3.8) is 0 Å². The van der Waals surface area contributed by atoms with Crippen LogP contribution in [0.4, 0.5) is 0 Å². The minimum absolute atomic E-state index is 0.205. The van der Waals surface area contributed by atoms with E-state index in [2.05, 4.69) is 50.4 Å². The molecular weight excluding hydrogens is 260 g/mol. The van der Waals surface area contributed by atoms with Crippen LogP contribution >= 0.6 is 0 Å². The van der Waals surface area contributed by atoms with E-state index in [9.17, 15) is 4.79 Å². The number of piperazine rings is 1. The third-order valence-electron chi connectivity index (χ3n) is 4.15. The Balaban J connectivity index is 1.76. The summed E-state index contributed by atoms with van der Waals surface area (Å²) in [6.45, 7) is 10.3. The Morgan fingerprint density at radius 3 is 2.33 bits per heavy atom. The van der Waals surface area contributed by atoms with Crippen LogP contribution in [-0.4, -0.2) is 37.0 Å². The van der Waals surface area contributed by atoms with E-state index in [4.69, 9.17) is 0 Å². The first-order chi connectivity index (χ1) is 9.97. The van der Waals surface area contributed by atoms with E-state index in [1.807, 2.05) is 4.90 Å². The van der Waals surface area contributed by atoms with Crippen molar-refractivity contribution in [1.82, 2.24) is 10.2 Å². The maximum atomic E-state index is 12.1. The predicted molar refractivity (Wildman–Crippen MR) is 87.5 cm³/mol. The van der Waals surface area contributed by atoms with Gasteiger partial charge in [-0.2, -0.15) is 0 Å². The molecule has 1 saturated heterocycles. The molecule has 1 amide bonds. The van der Waals surface area contributed by atoms with Crippen molar-refractivity contribution >= 4 is 5.91 Å². The van der Waals surface area contributed by atoms with Gasteiger partial charge in [0.1, 0.15) is 0 Å². The lowest BCUT2D eigenvalue weighted by Crippen LogP contribution is -2.46. The van der Waals surface area contributed by atoms with Crippen molar-refractivity contribution in [3.05, 3.63) is 35.4 Å². The number of benzene rings is 1. The molecule has 0 spiro atoms. The molecule has 3 heteroatoms. The minimum Gasteiger partial charge on any atom is -0.340 e. The van der Waals surface area contributed by atoms with Crippen LogP contribution in [-0.2, 0) is 16.6 Å². The second kappa shape index (κ2) is 7.08. The SMILES string of the molecule is CC(C)(C)c1ccc(CCCC(=O)N2CCNCC2)cc1. The van der Waals surface area contributed by atoms with Gasteiger partial charge in [0.2, 0.25) is 5.91 Å². The van der Waals surface area contributed by atoms with E-state index >= 15 is 0 Å². The summed E-state index contributed by atoms with van der Waals surface area (Å²) in [7, 11) is 0. The molecule has 3 nitrogen and oxygen atoms in total. The second-order valence-electron chi connectivity index (χ2n) is 6.93. The Morgan fingerprint density at radius 2 is 1.76 bits per heavy atom. The topological polar surface area (TPSA) is 32.3 Å². The number of nitrogens with zero attached hydrogens (tertiary/aromatic N) is 1. The van der Waals surface area contributed by atoms with Crippen LogP contribution in [0.3, 0.4) is 0 Å². The van der Waals surface area contributed by atoms with Crippen molar-refractivity contribution in [3.8, 4) is 0 Å². The van der Waals surface area contributed by atoms with Crippen LogP contribution in [0.1, 0.15) is 44.7 Å². The Kier molecular flexibility index (Phi) is 5.40. The summed E-state index contributed by atoms with van der Waals surface area (Å²) in [5, 5.41) is 3.28. The molecule has 0 saturated carbocycles. The Hall–Kier alpha value is -1.35. The molecule has 1 aliphatic rings. The standard InChI is InChI=1S/C18H28N2O/c1-18(2,3)16-9-7-15(8-10-16)5-4-6-17(21)20-13-11-19-12-14-20/h7-10,19H,4-6,11-14H2,1-3H3. The maximum absolute atomic E-state index is 12.1. The molecule has 1 aromatic rings. The van der Waals surface area contributed by atoms with Gasteiger partial charge in [0.15, 0.2) is 0 Å². The van der Waals surface area contributed by atoms with Gasteiger partial charge in [-0.3, -0.25) is 4.79 Å². The van der Waals surface area contributed by atoms with Gasteiger partial charge in [0.05, 0.1) is 0 Å². The fraction of sp³-hybridized carbons (Fsp3) is 0.611. The summed E-state index contributed by atoms with van der Waals surface area (Å²) >= 11 is 0. The van der Waals surface area contributed by atoms with Crippen molar-refractivity contribution < 1.29 is 4.79 Å². The minimum atomic E-state index is 0.205. The van der Waals surface area contributed by atoms with Gasteiger partial charge in [-0.15, -0.1) is 0 Å². The first kappa shape index (κ1) is 16.0. The highest BCUT2D eigenvalue weighted by Crippen LogP contribution is 2.22. The first-order valence-electron chi connectivity index (χ1n) is 8.05. The number of hydrogen-bond donors (Lipinski definition) is 1.